The van der Waals surface area contributed by atoms with Crippen molar-refractivity contribution in [2.24, 2.45) is 0 Å². The van der Waals surface area contributed by atoms with Gasteiger partial charge in [0.05, 0.1) is 0 Å². The van der Waals surface area contributed by atoms with Gasteiger partial charge in [0.2, 0.25) is 5.91 Å². The summed E-state index contributed by atoms with van der Waals surface area (Å²) in [6.07, 6.45) is 2.53. The predicted molar refractivity (Wildman–Crippen MR) is 78.3 cm³/mol. The van der Waals surface area contributed by atoms with Gasteiger partial charge in [-0.1, -0.05) is 30.3 Å². The number of rotatable bonds is 5. The summed E-state index contributed by atoms with van der Waals surface area (Å²) in [6.45, 7) is 5.09. The van der Waals surface area contributed by atoms with Crippen molar-refractivity contribution in [3.8, 4) is 0 Å². The molecule has 0 aliphatic carbocycles. The van der Waals surface area contributed by atoms with Crippen LogP contribution in [0, 0.1) is 0 Å². The lowest BCUT2D eigenvalue weighted by Crippen LogP contribution is -2.41. The van der Waals surface area contributed by atoms with Crippen LogP contribution in [0.25, 0.3) is 0 Å². The third-order valence-electron chi connectivity index (χ3n) is 3.66. The van der Waals surface area contributed by atoms with Crippen LogP contribution in [0.2, 0.25) is 0 Å². The van der Waals surface area contributed by atoms with E-state index in [1.54, 1.807) is 0 Å². The van der Waals surface area contributed by atoms with Gasteiger partial charge in [-0.2, -0.15) is 0 Å². The van der Waals surface area contributed by atoms with E-state index in [2.05, 4.69) is 17.1 Å². The molecule has 19 heavy (non-hydrogen) atoms. The molecule has 1 N–H and O–H groups in total. The minimum atomic E-state index is -0.605. The summed E-state index contributed by atoms with van der Waals surface area (Å²) in [5.74, 6) is -0.112. The van der Waals surface area contributed by atoms with Crippen LogP contribution in [-0.4, -0.2) is 36.5 Å². The number of likely N-dealkylation sites (tertiary alicyclic amines) is 1. The van der Waals surface area contributed by atoms with Crippen LogP contribution in [0.1, 0.15) is 30.7 Å². The van der Waals surface area contributed by atoms with Crippen molar-refractivity contribution in [2.75, 3.05) is 19.6 Å². The van der Waals surface area contributed by atoms with Gasteiger partial charge >= 0.3 is 0 Å². The van der Waals surface area contributed by atoms with E-state index < -0.39 is 5.38 Å². The molecule has 1 heterocycles. The highest BCUT2D eigenvalue weighted by Crippen LogP contribution is 2.20. The van der Waals surface area contributed by atoms with E-state index in [-0.39, 0.29) is 5.91 Å². The fraction of sp³-hybridized carbons (Fsp3) is 0.533. The van der Waals surface area contributed by atoms with Gasteiger partial charge in [-0.25, -0.2) is 0 Å². The molecule has 0 bridgehead atoms. The van der Waals surface area contributed by atoms with Crippen LogP contribution >= 0.6 is 11.6 Å². The molecule has 1 saturated heterocycles. The maximum atomic E-state index is 12.0. The zero-order valence-corrected chi connectivity index (χ0v) is 12.1. The second-order valence-electron chi connectivity index (χ2n) is 5.11. The summed E-state index contributed by atoms with van der Waals surface area (Å²) >= 11 is 6.17. The van der Waals surface area contributed by atoms with Gasteiger partial charge < -0.3 is 5.32 Å². The number of carbonyl (C=O) groups excluding carboxylic acids is 1. The third kappa shape index (κ3) is 3.95. The molecule has 1 aromatic carbocycles. The first kappa shape index (κ1) is 14.4. The highest BCUT2D eigenvalue weighted by molar-refractivity contribution is 6.30. The highest BCUT2D eigenvalue weighted by atomic mass is 35.5. The molecule has 1 fully saturated rings. The molecule has 2 atom stereocenters. The zero-order valence-electron chi connectivity index (χ0n) is 11.3. The molecule has 4 heteroatoms. The number of benzene rings is 1. The van der Waals surface area contributed by atoms with Gasteiger partial charge in [0.1, 0.15) is 5.38 Å². The lowest BCUT2D eigenvalue weighted by Gasteiger charge is -2.24. The SMILES string of the molecule is CC(CNC(=O)C(Cl)c1ccccc1)N1CCCC1. The Bertz CT molecular complexity index is 404. The van der Waals surface area contributed by atoms with Crippen molar-refractivity contribution in [3.63, 3.8) is 0 Å². The number of hydrogen-bond donors (Lipinski definition) is 1. The molecule has 0 aromatic heterocycles. The number of hydrogen-bond acceptors (Lipinski definition) is 2. The number of halogens is 1. The Morgan fingerprint density at radius 2 is 1.95 bits per heavy atom. The van der Waals surface area contributed by atoms with Gasteiger partial charge in [0.15, 0.2) is 0 Å². The van der Waals surface area contributed by atoms with Crippen LogP contribution in [0.3, 0.4) is 0 Å². The highest BCUT2D eigenvalue weighted by Gasteiger charge is 2.21. The Hall–Kier alpha value is -1.06. The first-order chi connectivity index (χ1) is 9.18. The first-order valence-corrected chi connectivity index (χ1v) is 7.33. The van der Waals surface area contributed by atoms with Crippen LogP contribution in [-0.2, 0) is 4.79 Å². The monoisotopic (exact) mass is 280 g/mol. The quantitative estimate of drug-likeness (QED) is 0.841. The summed E-state index contributed by atoms with van der Waals surface area (Å²) in [4.78, 5) is 14.4. The van der Waals surface area contributed by atoms with Gasteiger partial charge in [0.25, 0.3) is 0 Å². The molecule has 0 radical (unpaired) electrons. The molecular weight excluding hydrogens is 260 g/mol. The summed E-state index contributed by atoms with van der Waals surface area (Å²) in [5.41, 5.74) is 0.843. The van der Waals surface area contributed by atoms with Gasteiger partial charge in [0, 0.05) is 12.6 Å². The summed E-state index contributed by atoms with van der Waals surface area (Å²) in [6, 6.07) is 9.84. The Balaban J connectivity index is 1.80. The van der Waals surface area contributed by atoms with Gasteiger partial charge in [-0.05, 0) is 38.4 Å². The average Bonchev–Trinajstić information content (AvgIpc) is 2.98. The minimum Gasteiger partial charge on any atom is -0.353 e. The predicted octanol–water partition coefficient (Wildman–Crippen LogP) is 2.57. The van der Waals surface area contributed by atoms with E-state index >= 15 is 0 Å². The number of carbonyl (C=O) groups is 1. The van der Waals surface area contributed by atoms with Crippen LogP contribution in [0.15, 0.2) is 30.3 Å². The molecule has 0 spiro atoms. The molecule has 1 aliphatic heterocycles. The Morgan fingerprint density at radius 3 is 2.58 bits per heavy atom. The van der Waals surface area contributed by atoms with Gasteiger partial charge in [-0.3, -0.25) is 9.69 Å². The second kappa shape index (κ2) is 6.92. The van der Waals surface area contributed by atoms with E-state index in [0.29, 0.717) is 12.6 Å². The topological polar surface area (TPSA) is 32.3 Å². The lowest BCUT2D eigenvalue weighted by atomic mass is 10.1. The third-order valence-corrected chi connectivity index (χ3v) is 4.11. The fourth-order valence-corrected chi connectivity index (χ4v) is 2.65. The van der Waals surface area contributed by atoms with Crippen molar-refractivity contribution in [3.05, 3.63) is 35.9 Å². The maximum absolute atomic E-state index is 12.0. The molecular formula is C15H21ClN2O. The van der Waals surface area contributed by atoms with E-state index in [1.807, 2.05) is 30.3 Å². The van der Waals surface area contributed by atoms with E-state index in [9.17, 15) is 4.79 Å². The summed E-state index contributed by atoms with van der Waals surface area (Å²) < 4.78 is 0. The van der Waals surface area contributed by atoms with E-state index in [0.717, 1.165) is 18.7 Å². The van der Waals surface area contributed by atoms with Gasteiger partial charge in [-0.15, -0.1) is 11.6 Å². The molecule has 2 unspecified atom stereocenters. The van der Waals surface area contributed by atoms with Crippen molar-refractivity contribution in [2.45, 2.75) is 31.2 Å². The summed E-state index contributed by atoms with van der Waals surface area (Å²) in [7, 11) is 0. The largest absolute Gasteiger partial charge is 0.353 e. The number of amides is 1. The molecule has 1 aliphatic rings. The van der Waals surface area contributed by atoms with Crippen molar-refractivity contribution < 1.29 is 4.79 Å². The summed E-state index contributed by atoms with van der Waals surface area (Å²) in [5, 5.41) is 2.34. The van der Waals surface area contributed by atoms with E-state index in [1.165, 1.54) is 12.8 Å². The van der Waals surface area contributed by atoms with Crippen LogP contribution in [0.5, 0.6) is 0 Å². The molecule has 104 valence electrons. The Kier molecular flexibility index (Phi) is 5.23. The normalized spacial score (nSPS) is 19.1. The molecule has 3 nitrogen and oxygen atoms in total. The molecule has 1 amide bonds. The van der Waals surface area contributed by atoms with E-state index in [4.69, 9.17) is 11.6 Å². The van der Waals surface area contributed by atoms with Crippen LogP contribution in [0.4, 0.5) is 0 Å². The number of nitrogens with one attached hydrogen (secondary N) is 1. The van der Waals surface area contributed by atoms with Crippen LogP contribution < -0.4 is 5.32 Å². The Labute approximate surface area is 119 Å². The Morgan fingerprint density at radius 1 is 1.32 bits per heavy atom. The number of alkyl halides is 1. The average molecular weight is 281 g/mol. The number of nitrogens with zero attached hydrogens (tertiary/aromatic N) is 1. The lowest BCUT2D eigenvalue weighted by molar-refractivity contribution is -0.121. The minimum absolute atomic E-state index is 0.112. The maximum Gasteiger partial charge on any atom is 0.242 e. The van der Waals surface area contributed by atoms with Crippen molar-refractivity contribution >= 4 is 17.5 Å². The second-order valence-corrected chi connectivity index (χ2v) is 5.55. The fourth-order valence-electron chi connectivity index (χ4n) is 2.42. The molecule has 1 aromatic rings. The first-order valence-electron chi connectivity index (χ1n) is 6.89. The van der Waals surface area contributed by atoms with Crippen molar-refractivity contribution in [1.29, 1.82) is 0 Å². The smallest absolute Gasteiger partial charge is 0.242 e. The zero-order chi connectivity index (χ0) is 13.7. The standard InChI is InChI=1S/C15H21ClN2O/c1-12(18-9-5-6-10-18)11-17-15(19)14(16)13-7-3-2-4-8-13/h2-4,7-8,12,14H,5-6,9-11H2,1H3,(H,17,19). The molecule has 0 saturated carbocycles. The molecule has 2 rings (SSSR count). The van der Waals surface area contributed by atoms with Crippen molar-refractivity contribution in [1.82, 2.24) is 10.2 Å².